The third-order valence-electron chi connectivity index (χ3n) is 2.57. The van der Waals surface area contributed by atoms with Crippen LogP contribution in [0.5, 0.6) is 0 Å². The van der Waals surface area contributed by atoms with Gasteiger partial charge in [0.05, 0.1) is 4.92 Å². The van der Waals surface area contributed by atoms with Crippen LogP contribution in [-0.4, -0.2) is 22.3 Å². The summed E-state index contributed by atoms with van der Waals surface area (Å²) in [4.78, 5) is 32.4. The van der Waals surface area contributed by atoms with Crippen molar-refractivity contribution in [3.8, 4) is 0 Å². The second-order valence-corrected chi connectivity index (χ2v) is 5.01. The van der Waals surface area contributed by atoms with E-state index in [1.165, 1.54) is 12.1 Å². The number of carbonyl (C=O) groups excluding carboxylic acids is 2. The van der Waals surface area contributed by atoms with Crippen molar-refractivity contribution < 1.29 is 14.5 Å². The highest BCUT2D eigenvalue weighted by Crippen LogP contribution is 2.29. The van der Waals surface area contributed by atoms with Gasteiger partial charge in [0.1, 0.15) is 5.69 Å². The molecule has 0 aliphatic rings. The molecule has 0 saturated heterocycles. The molecular weight excluding hydrogens is 264 g/mol. The van der Waals surface area contributed by atoms with Crippen LogP contribution in [0, 0.1) is 10.1 Å². The zero-order chi connectivity index (χ0) is 15.5. The third kappa shape index (κ3) is 3.94. The minimum Gasteiger partial charge on any atom is -0.374 e. The van der Waals surface area contributed by atoms with E-state index in [0.29, 0.717) is 0 Å². The van der Waals surface area contributed by atoms with Gasteiger partial charge in [0, 0.05) is 23.6 Å². The molecule has 0 aromatic heterocycles. The Kier molecular flexibility index (Phi) is 4.28. The van der Waals surface area contributed by atoms with Crippen molar-refractivity contribution in [3.63, 3.8) is 0 Å². The van der Waals surface area contributed by atoms with E-state index in [4.69, 9.17) is 11.5 Å². The number of nitrogens with zero attached hydrogens (tertiary/aromatic N) is 1. The molecule has 0 heterocycles. The molecule has 1 rings (SSSR count). The second kappa shape index (κ2) is 5.55. The molecule has 108 valence electrons. The molecule has 1 aromatic rings. The van der Waals surface area contributed by atoms with Crippen molar-refractivity contribution in [2.45, 2.75) is 25.8 Å². The summed E-state index contributed by atoms with van der Waals surface area (Å²) in [7, 11) is 0. The molecule has 0 unspecified atom stereocenters. The van der Waals surface area contributed by atoms with Gasteiger partial charge in [-0.05, 0) is 26.0 Å². The van der Waals surface area contributed by atoms with Crippen molar-refractivity contribution in [2.75, 3.05) is 5.32 Å². The molecular formula is C12H16N4O4. The topological polar surface area (TPSA) is 141 Å². The zero-order valence-electron chi connectivity index (χ0n) is 11.2. The van der Waals surface area contributed by atoms with Crippen LogP contribution in [0.25, 0.3) is 0 Å². The fourth-order valence-electron chi connectivity index (χ4n) is 1.79. The molecule has 8 nitrogen and oxygen atoms in total. The SMILES string of the molecule is CC(C)(CC(N)=O)Nc1ccc(C(N)=O)cc1[N+](=O)[O-]. The Balaban J connectivity index is 3.15. The van der Waals surface area contributed by atoms with E-state index >= 15 is 0 Å². The molecule has 0 bridgehead atoms. The van der Waals surface area contributed by atoms with Crippen molar-refractivity contribution in [1.82, 2.24) is 0 Å². The van der Waals surface area contributed by atoms with E-state index < -0.39 is 22.3 Å². The van der Waals surface area contributed by atoms with Gasteiger partial charge in [0.2, 0.25) is 11.8 Å². The maximum absolute atomic E-state index is 11.0. The third-order valence-corrected chi connectivity index (χ3v) is 2.57. The lowest BCUT2D eigenvalue weighted by molar-refractivity contribution is -0.384. The van der Waals surface area contributed by atoms with E-state index in [-0.39, 0.29) is 23.4 Å². The number of nitro benzene ring substituents is 1. The smallest absolute Gasteiger partial charge is 0.293 e. The average molecular weight is 280 g/mol. The highest BCUT2D eigenvalue weighted by molar-refractivity contribution is 5.94. The van der Waals surface area contributed by atoms with Gasteiger partial charge in [-0.2, -0.15) is 0 Å². The van der Waals surface area contributed by atoms with E-state index in [0.717, 1.165) is 6.07 Å². The molecule has 0 saturated carbocycles. The number of carbonyl (C=O) groups is 2. The lowest BCUT2D eigenvalue weighted by atomic mass is 9.99. The number of anilines is 1. The first-order chi connectivity index (χ1) is 9.12. The van der Waals surface area contributed by atoms with Crippen LogP contribution in [0.15, 0.2) is 18.2 Å². The molecule has 2 amide bonds. The Bertz CT molecular complexity index is 569. The number of hydrogen-bond acceptors (Lipinski definition) is 5. The minimum atomic E-state index is -0.759. The van der Waals surface area contributed by atoms with Gasteiger partial charge in [-0.25, -0.2) is 0 Å². The van der Waals surface area contributed by atoms with Crippen LogP contribution in [0.4, 0.5) is 11.4 Å². The standard InChI is InChI=1S/C12H16N4O4/c1-12(2,6-10(13)17)15-8-4-3-7(11(14)18)5-9(8)16(19)20/h3-5,15H,6H2,1-2H3,(H2,13,17)(H2,14,18). The Morgan fingerprint density at radius 3 is 2.40 bits per heavy atom. The van der Waals surface area contributed by atoms with Gasteiger partial charge in [-0.3, -0.25) is 19.7 Å². The van der Waals surface area contributed by atoms with Crippen LogP contribution in [0.2, 0.25) is 0 Å². The van der Waals surface area contributed by atoms with Crippen molar-refractivity contribution >= 4 is 23.2 Å². The number of hydrogen-bond donors (Lipinski definition) is 3. The van der Waals surface area contributed by atoms with Gasteiger partial charge >= 0.3 is 0 Å². The summed E-state index contributed by atoms with van der Waals surface area (Å²) in [5.74, 6) is -1.28. The summed E-state index contributed by atoms with van der Waals surface area (Å²) in [6, 6.07) is 3.84. The largest absolute Gasteiger partial charge is 0.374 e. The van der Waals surface area contributed by atoms with Gasteiger partial charge in [-0.15, -0.1) is 0 Å². The van der Waals surface area contributed by atoms with Crippen LogP contribution in [0.3, 0.4) is 0 Å². The fourth-order valence-corrected chi connectivity index (χ4v) is 1.79. The Morgan fingerprint density at radius 2 is 1.95 bits per heavy atom. The van der Waals surface area contributed by atoms with Crippen LogP contribution < -0.4 is 16.8 Å². The van der Waals surface area contributed by atoms with E-state index in [1.807, 2.05) is 0 Å². The second-order valence-electron chi connectivity index (χ2n) is 5.01. The monoisotopic (exact) mass is 280 g/mol. The first-order valence-electron chi connectivity index (χ1n) is 5.77. The summed E-state index contributed by atoms with van der Waals surface area (Å²) in [5.41, 5.74) is 9.37. The lowest BCUT2D eigenvalue weighted by Gasteiger charge is -2.25. The molecule has 0 fully saturated rings. The lowest BCUT2D eigenvalue weighted by Crippen LogP contribution is -2.36. The molecule has 0 spiro atoms. The predicted octanol–water partition coefficient (Wildman–Crippen LogP) is 0.760. The Morgan fingerprint density at radius 1 is 1.35 bits per heavy atom. The summed E-state index contributed by atoms with van der Waals surface area (Å²) >= 11 is 0. The molecule has 8 heteroatoms. The summed E-state index contributed by atoms with van der Waals surface area (Å²) in [6.07, 6.45) is 0.00171. The minimum absolute atomic E-state index is 0.00171. The Hall–Kier alpha value is -2.64. The van der Waals surface area contributed by atoms with Gasteiger partial charge in [0.25, 0.3) is 5.69 Å². The van der Waals surface area contributed by atoms with Gasteiger partial charge in [0.15, 0.2) is 0 Å². The molecule has 0 radical (unpaired) electrons. The van der Waals surface area contributed by atoms with E-state index in [2.05, 4.69) is 5.32 Å². The molecule has 5 N–H and O–H groups in total. The molecule has 0 aliphatic carbocycles. The highest BCUT2D eigenvalue weighted by Gasteiger charge is 2.25. The van der Waals surface area contributed by atoms with Crippen LogP contribution in [-0.2, 0) is 4.79 Å². The zero-order valence-corrected chi connectivity index (χ0v) is 11.2. The number of nitro groups is 1. The average Bonchev–Trinajstić information content (AvgIpc) is 2.26. The number of primary amides is 2. The maximum Gasteiger partial charge on any atom is 0.293 e. The fraction of sp³-hybridized carbons (Fsp3) is 0.333. The number of benzene rings is 1. The predicted molar refractivity (Wildman–Crippen MR) is 73.1 cm³/mol. The summed E-state index contributed by atoms with van der Waals surface area (Å²) in [5, 5.41) is 13.9. The summed E-state index contributed by atoms with van der Waals surface area (Å²) < 4.78 is 0. The summed E-state index contributed by atoms with van der Waals surface area (Å²) in [6.45, 7) is 3.37. The number of nitrogens with two attached hydrogens (primary N) is 2. The number of amides is 2. The maximum atomic E-state index is 11.0. The van der Waals surface area contributed by atoms with Gasteiger partial charge < -0.3 is 16.8 Å². The Labute approximate surface area is 115 Å². The quantitative estimate of drug-likeness (QED) is 0.521. The molecule has 0 atom stereocenters. The van der Waals surface area contributed by atoms with Crippen LogP contribution in [0.1, 0.15) is 30.6 Å². The highest BCUT2D eigenvalue weighted by atomic mass is 16.6. The van der Waals surface area contributed by atoms with Crippen LogP contribution >= 0.6 is 0 Å². The first-order valence-corrected chi connectivity index (χ1v) is 5.77. The van der Waals surface area contributed by atoms with E-state index in [9.17, 15) is 19.7 Å². The first kappa shape index (κ1) is 15.4. The normalized spacial score (nSPS) is 10.9. The van der Waals surface area contributed by atoms with Crippen molar-refractivity contribution in [2.24, 2.45) is 11.5 Å². The number of rotatable bonds is 6. The van der Waals surface area contributed by atoms with Crippen molar-refractivity contribution in [1.29, 1.82) is 0 Å². The molecule has 1 aromatic carbocycles. The molecule has 0 aliphatic heterocycles. The van der Waals surface area contributed by atoms with Gasteiger partial charge in [-0.1, -0.05) is 0 Å². The molecule has 20 heavy (non-hydrogen) atoms. The number of nitrogens with one attached hydrogen (secondary N) is 1. The van der Waals surface area contributed by atoms with E-state index in [1.54, 1.807) is 13.8 Å². The van der Waals surface area contributed by atoms with Crippen molar-refractivity contribution in [3.05, 3.63) is 33.9 Å².